The highest BCUT2D eigenvalue weighted by molar-refractivity contribution is 5.83. The lowest BCUT2D eigenvalue weighted by Crippen LogP contribution is -2.44. The second-order valence-electron chi connectivity index (χ2n) is 4.43. The van der Waals surface area contributed by atoms with Crippen LogP contribution in [0.25, 0.3) is 0 Å². The van der Waals surface area contributed by atoms with E-state index in [0.717, 1.165) is 0 Å². The van der Waals surface area contributed by atoms with Gasteiger partial charge in [0.2, 0.25) is 0 Å². The molecule has 6 heteroatoms. The van der Waals surface area contributed by atoms with Crippen molar-refractivity contribution in [2.75, 3.05) is 20.8 Å². The van der Waals surface area contributed by atoms with Crippen LogP contribution in [0.15, 0.2) is 12.1 Å². The van der Waals surface area contributed by atoms with Crippen molar-refractivity contribution < 1.29 is 24.1 Å². The van der Waals surface area contributed by atoms with Gasteiger partial charge >= 0.3 is 5.97 Å². The average molecular weight is 267 g/mol. The molecule has 0 aliphatic carbocycles. The number of carboxylic acid groups (broad SMARTS) is 1. The Labute approximate surface area is 111 Å². The van der Waals surface area contributed by atoms with Crippen LogP contribution in [0.3, 0.4) is 0 Å². The molecule has 0 saturated carbocycles. The molecule has 19 heavy (non-hydrogen) atoms. The summed E-state index contributed by atoms with van der Waals surface area (Å²) in [6.45, 7) is 0.412. The van der Waals surface area contributed by atoms with Crippen molar-refractivity contribution in [3.63, 3.8) is 0 Å². The normalized spacial score (nSPS) is 21.8. The van der Waals surface area contributed by atoms with E-state index in [1.54, 1.807) is 12.1 Å². The fourth-order valence-corrected chi connectivity index (χ4v) is 2.27. The highest BCUT2D eigenvalue weighted by Gasteiger charge is 2.42. The van der Waals surface area contributed by atoms with Crippen LogP contribution in [-0.4, -0.2) is 31.9 Å². The quantitative estimate of drug-likeness (QED) is 0.852. The molecule has 0 saturated heterocycles. The van der Waals surface area contributed by atoms with Gasteiger partial charge in [0.05, 0.1) is 26.4 Å². The van der Waals surface area contributed by atoms with Crippen LogP contribution in [0, 0.1) is 0 Å². The number of rotatable bonds is 3. The van der Waals surface area contributed by atoms with Crippen molar-refractivity contribution in [3.8, 4) is 17.2 Å². The summed E-state index contributed by atoms with van der Waals surface area (Å²) in [5.74, 6) is 0.202. The average Bonchev–Trinajstić information content (AvgIpc) is 2.58. The lowest BCUT2D eigenvalue weighted by Gasteiger charge is -2.26. The first-order valence-corrected chi connectivity index (χ1v) is 5.94. The molecule has 1 unspecified atom stereocenters. The summed E-state index contributed by atoms with van der Waals surface area (Å²) in [6, 6.07) is 3.24. The third-order valence-corrected chi connectivity index (χ3v) is 3.30. The van der Waals surface area contributed by atoms with Crippen LogP contribution in [0.1, 0.15) is 18.4 Å². The van der Waals surface area contributed by atoms with E-state index < -0.39 is 11.5 Å². The maximum absolute atomic E-state index is 11.5. The molecular formula is C13H17NO5. The van der Waals surface area contributed by atoms with E-state index >= 15 is 0 Å². The number of fused-ring (bicyclic) bond motifs is 1. The molecule has 0 spiro atoms. The smallest absolute Gasteiger partial charge is 0.328 e. The molecule has 0 radical (unpaired) electrons. The zero-order chi connectivity index (χ0) is 14.0. The molecule has 1 aliphatic rings. The summed E-state index contributed by atoms with van der Waals surface area (Å²) in [5, 5.41) is 9.45. The molecule has 6 nitrogen and oxygen atoms in total. The molecule has 0 fully saturated rings. The van der Waals surface area contributed by atoms with E-state index in [0.29, 0.717) is 35.8 Å². The molecule has 3 N–H and O–H groups in total. The van der Waals surface area contributed by atoms with Crippen molar-refractivity contribution in [1.29, 1.82) is 0 Å². The minimum atomic E-state index is -1.51. The zero-order valence-electron chi connectivity index (χ0n) is 10.9. The summed E-state index contributed by atoms with van der Waals surface area (Å²) in [7, 11) is 2.98. The molecule has 1 heterocycles. The maximum atomic E-state index is 11.5. The first-order chi connectivity index (χ1) is 9.02. The summed E-state index contributed by atoms with van der Waals surface area (Å²) >= 11 is 0. The van der Waals surface area contributed by atoms with Gasteiger partial charge < -0.3 is 25.1 Å². The summed E-state index contributed by atoms with van der Waals surface area (Å²) in [4.78, 5) is 11.5. The molecule has 1 aromatic rings. The van der Waals surface area contributed by atoms with Crippen LogP contribution in [0.2, 0.25) is 0 Å². The lowest BCUT2D eigenvalue weighted by molar-refractivity contribution is -0.144. The van der Waals surface area contributed by atoms with Crippen LogP contribution in [0.4, 0.5) is 0 Å². The number of hydrogen-bond donors (Lipinski definition) is 2. The number of ether oxygens (including phenoxy) is 3. The Balaban J connectivity index is 2.68. The van der Waals surface area contributed by atoms with E-state index in [2.05, 4.69) is 0 Å². The number of nitrogens with two attached hydrogens (primary N) is 1. The molecule has 2 rings (SSSR count). The number of benzene rings is 1. The van der Waals surface area contributed by atoms with Crippen molar-refractivity contribution in [2.24, 2.45) is 5.73 Å². The first kappa shape index (κ1) is 13.5. The van der Waals surface area contributed by atoms with E-state index in [1.165, 1.54) is 14.2 Å². The van der Waals surface area contributed by atoms with Crippen LogP contribution >= 0.6 is 0 Å². The van der Waals surface area contributed by atoms with Gasteiger partial charge in [0.1, 0.15) is 22.8 Å². The van der Waals surface area contributed by atoms with Gasteiger partial charge in [-0.1, -0.05) is 0 Å². The molecule has 104 valence electrons. The van der Waals surface area contributed by atoms with Crippen molar-refractivity contribution in [1.82, 2.24) is 0 Å². The minimum Gasteiger partial charge on any atom is -0.496 e. The van der Waals surface area contributed by atoms with Crippen molar-refractivity contribution in [2.45, 2.75) is 18.4 Å². The third-order valence-electron chi connectivity index (χ3n) is 3.30. The van der Waals surface area contributed by atoms with E-state index in [-0.39, 0.29) is 6.42 Å². The number of aliphatic carboxylic acids is 1. The number of hydrogen-bond acceptors (Lipinski definition) is 5. The number of methoxy groups -OCH3 is 2. The molecule has 0 amide bonds. The molecule has 0 bridgehead atoms. The predicted octanol–water partition coefficient (Wildman–Crippen LogP) is 1.11. The van der Waals surface area contributed by atoms with Gasteiger partial charge in [-0.15, -0.1) is 0 Å². The van der Waals surface area contributed by atoms with Gasteiger partial charge in [0, 0.05) is 12.1 Å². The minimum absolute atomic E-state index is 0.290. The summed E-state index contributed by atoms with van der Waals surface area (Å²) in [6.07, 6.45) is 0.848. The molecule has 0 aromatic heterocycles. The standard InChI is InChI=1S/C13H17NO5/c1-17-8-6-9(18-2)11-10(7-8)19-5-3-4-13(11,14)12(15)16/h6-7H,3-5,14H2,1-2H3,(H,15,16). The van der Waals surface area contributed by atoms with Crippen molar-refractivity contribution >= 4 is 5.97 Å². The van der Waals surface area contributed by atoms with Gasteiger partial charge in [0.15, 0.2) is 0 Å². The molecule has 1 aromatic carbocycles. The Hall–Kier alpha value is -1.95. The molecular weight excluding hydrogens is 250 g/mol. The Morgan fingerprint density at radius 3 is 2.74 bits per heavy atom. The van der Waals surface area contributed by atoms with E-state index in [1.807, 2.05) is 0 Å². The highest BCUT2D eigenvalue weighted by Crippen LogP contribution is 2.43. The Bertz CT molecular complexity index is 502. The Kier molecular flexibility index (Phi) is 3.53. The second-order valence-corrected chi connectivity index (χ2v) is 4.43. The lowest BCUT2D eigenvalue weighted by atomic mass is 9.85. The van der Waals surface area contributed by atoms with Gasteiger partial charge in [-0.25, -0.2) is 4.79 Å². The molecule has 1 aliphatic heterocycles. The van der Waals surface area contributed by atoms with E-state index in [4.69, 9.17) is 19.9 Å². The van der Waals surface area contributed by atoms with Gasteiger partial charge in [0.25, 0.3) is 0 Å². The van der Waals surface area contributed by atoms with Crippen LogP contribution in [-0.2, 0) is 10.3 Å². The Morgan fingerprint density at radius 2 is 2.16 bits per heavy atom. The number of carbonyl (C=O) groups is 1. The van der Waals surface area contributed by atoms with Gasteiger partial charge in [-0.2, -0.15) is 0 Å². The molecule has 1 atom stereocenters. The monoisotopic (exact) mass is 267 g/mol. The first-order valence-electron chi connectivity index (χ1n) is 5.94. The topological polar surface area (TPSA) is 91.0 Å². The fourth-order valence-electron chi connectivity index (χ4n) is 2.27. The van der Waals surface area contributed by atoms with Gasteiger partial charge in [-0.05, 0) is 12.8 Å². The predicted molar refractivity (Wildman–Crippen MR) is 67.8 cm³/mol. The van der Waals surface area contributed by atoms with Crippen LogP contribution < -0.4 is 19.9 Å². The second kappa shape index (κ2) is 4.97. The number of carboxylic acids is 1. The van der Waals surface area contributed by atoms with Crippen LogP contribution in [0.5, 0.6) is 17.2 Å². The third kappa shape index (κ3) is 2.19. The largest absolute Gasteiger partial charge is 0.496 e. The van der Waals surface area contributed by atoms with E-state index in [9.17, 15) is 9.90 Å². The van der Waals surface area contributed by atoms with Crippen molar-refractivity contribution in [3.05, 3.63) is 17.7 Å². The fraction of sp³-hybridized carbons (Fsp3) is 0.462. The Morgan fingerprint density at radius 1 is 1.42 bits per heavy atom. The van der Waals surface area contributed by atoms with Gasteiger partial charge in [-0.3, -0.25) is 0 Å². The zero-order valence-corrected chi connectivity index (χ0v) is 10.9. The highest BCUT2D eigenvalue weighted by atomic mass is 16.5. The summed E-state index contributed by atoms with van der Waals surface area (Å²) in [5.41, 5.74) is 4.93. The maximum Gasteiger partial charge on any atom is 0.328 e. The summed E-state index contributed by atoms with van der Waals surface area (Å²) < 4.78 is 16.0. The SMILES string of the molecule is COc1cc(OC)c2c(c1)OCCCC2(N)C(=O)O.